The Morgan fingerprint density at radius 3 is 2.63 bits per heavy atom. The van der Waals surface area contributed by atoms with Crippen LogP contribution in [-0.2, 0) is 0 Å². The molecule has 0 fully saturated rings. The quantitative estimate of drug-likeness (QED) is 0.285. The van der Waals surface area contributed by atoms with Crippen LogP contribution in [-0.4, -0.2) is 4.92 Å². The second-order valence-corrected chi connectivity index (χ2v) is 8.01. The number of nitrogens with zero attached hydrogens (tertiary/aromatic N) is 1. The number of ether oxygens (including phenoxy) is 1. The molecule has 0 spiro atoms. The summed E-state index contributed by atoms with van der Waals surface area (Å²) in [5, 5.41) is 15.4. The Morgan fingerprint density at radius 1 is 1.00 bits per heavy atom. The zero-order valence-corrected chi connectivity index (χ0v) is 16.8. The van der Waals surface area contributed by atoms with E-state index in [9.17, 15) is 10.1 Å². The van der Waals surface area contributed by atoms with E-state index >= 15 is 0 Å². The van der Waals surface area contributed by atoms with Gasteiger partial charge in [-0.3, -0.25) is 10.1 Å². The van der Waals surface area contributed by atoms with Crippen molar-refractivity contribution in [1.29, 1.82) is 0 Å². The Bertz CT molecular complexity index is 1150. The lowest BCUT2D eigenvalue weighted by Gasteiger charge is -2.38. The van der Waals surface area contributed by atoms with Crippen LogP contribution < -0.4 is 10.1 Å². The molecule has 1 N–H and O–H groups in total. The highest BCUT2D eigenvalue weighted by atomic mass is 35.5. The van der Waals surface area contributed by atoms with E-state index in [-0.39, 0.29) is 28.5 Å². The summed E-state index contributed by atoms with van der Waals surface area (Å²) in [6, 6.07) is 20.3. The molecule has 2 aliphatic rings. The molecule has 1 aliphatic heterocycles. The maximum absolute atomic E-state index is 11.3. The minimum absolute atomic E-state index is 0.0520. The number of non-ortho nitro benzene ring substituents is 1. The van der Waals surface area contributed by atoms with E-state index in [1.54, 1.807) is 12.1 Å². The van der Waals surface area contributed by atoms with E-state index < -0.39 is 0 Å². The third-order valence-corrected chi connectivity index (χ3v) is 6.18. The van der Waals surface area contributed by atoms with Gasteiger partial charge < -0.3 is 10.1 Å². The van der Waals surface area contributed by atoms with E-state index in [0.717, 1.165) is 29.2 Å². The summed E-state index contributed by atoms with van der Waals surface area (Å²) in [7, 11) is 0. The number of rotatable bonds is 4. The number of para-hydroxylation sites is 1. The Morgan fingerprint density at radius 2 is 1.83 bits per heavy atom. The van der Waals surface area contributed by atoms with Crippen LogP contribution in [0.25, 0.3) is 0 Å². The van der Waals surface area contributed by atoms with Gasteiger partial charge in [-0.2, -0.15) is 0 Å². The molecule has 5 rings (SSSR count). The largest absolute Gasteiger partial charge is 0.457 e. The lowest BCUT2D eigenvalue weighted by molar-refractivity contribution is -0.384. The lowest BCUT2D eigenvalue weighted by atomic mass is 9.77. The molecule has 3 aromatic rings. The van der Waals surface area contributed by atoms with Crippen molar-refractivity contribution in [3.05, 3.63) is 105 Å². The standard InChI is InChI=1S/C24H19ClN2O3/c25-22-11-9-15(27(28)29)13-21(22)24-19-8-4-7-18(19)20-14-17(10-12-23(20)26-24)30-16-5-2-1-3-6-16/h1-7,9-14,18-19,24,26H,8H2. The first-order valence-corrected chi connectivity index (χ1v) is 10.2. The van der Waals surface area contributed by atoms with E-state index in [1.165, 1.54) is 11.6 Å². The van der Waals surface area contributed by atoms with E-state index in [2.05, 4.69) is 23.5 Å². The first-order valence-electron chi connectivity index (χ1n) is 9.84. The predicted molar refractivity (Wildman–Crippen MR) is 117 cm³/mol. The van der Waals surface area contributed by atoms with Gasteiger partial charge in [-0.05, 0) is 54.3 Å². The number of hydrogen-bond acceptors (Lipinski definition) is 4. The molecule has 1 heterocycles. The number of hydrogen-bond donors (Lipinski definition) is 1. The van der Waals surface area contributed by atoms with Crippen LogP contribution in [0.2, 0.25) is 5.02 Å². The summed E-state index contributed by atoms with van der Waals surface area (Å²) in [5.41, 5.74) is 2.98. The maximum atomic E-state index is 11.3. The number of halogens is 1. The van der Waals surface area contributed by atoms with Gasteiger partial charge in [0.15, 0.2) is 0 Å². The van der Waals surface area contributed by atoms with Gasteiger partial charge in [-0.15, -0.1) is 0 Å². The summed E-state index contributed by atoms with van der Waals surface area (Å²) in [6.45, 7) is 0. The first kappa shape index (κ1) is 18.7. The molecule has 0 amide bonds. The van der Waals surface area contributed by atoms with Crippen LogP contribution in [0.3, 0.4) is 0 Å². The number of allylic oxidation sites excluding steroid dienone is 2. The Labute approximate surface area is 179 Å². The average molecular weight is 419 g/mol. The smallest absolute Gasteiger partial charge is 0.269 e. The van der Waals surface area contributed by atoms with E-state index in [0.29, 0.717) is 5.02 Å². The van der Waals surface area contributed by atoms with Crippen molar-refractivity contribution in [2.45, 2.75) is 18.4 Å². The highest BCUT2D eigenvalue weighted by molar-refractivity contribution is 6.31. The molecule has 30 heavy (non-hydrogen) atoms. The monoisotopic (exact) mass is 418 g/mol. The molecule has 150 valence electrons. The molecular formula is C24H19ClN2O3. The van der Waals surface area contributed by atoms with Gasteiger partial charge in [0.1, 0.15) is 11.5 Å². The zero-order chi connectivity index (χ0) is 20.7. The van der Waals surface area contributed by atoms with Crippen LogP contribution in [0.1, 0.15) is 29.5 Å². The zero-order valence-electron chi connectivity index (χ0n) is 16.0. The number of nitrogens with one attached hydrogen (secondary N) is 1. The summed E-state index contributed by atoms with van der Waals surface area (Å²) >= 11 is 6.46. The molecular weight excluding hydrogens is 400 g/mol. The van der Waals surface area contributed by atoms with Gasteiger partial charge >= 0.3 is 0 Å². The summed E-state index contributed by atoms with van der Waals surface area (Å²) < 4.78 is 6.02. The molecule has 5 nitrogen and oxygen atoms in total. The van der Waals surface area contributed by atoms with Crippen LogP contribution in [0, 0.1) is 16.0 Å². The second-order valence-electron chi connectivity index (χ2n) is 7.60. The third kappa shape index (κ3) is 3.31. The SMILES string of the molecule is O=[N+]([O-])c1ccc(Cl)c(C2Nc3ccc(Oc4ccccc4)cc3C3C=CCC32)c1. The van der Waals surface area contributed by atoms with Crippen molar-refractivity contribution in [2.24, 2.45) is 5.92 Å². The van der Waals surface area contributed by atoms with Crippen molar-refractivity contribution in [2.75, 3.05) is 5.32 Å². The molecule has 0 radical (unpaired) electrons. The van der Waals surface area contributed by atoms with Gasteiger partial charge in [-0.1, -0.05) is 42.0 Å². The summed E-state index contributed by atoms with van der Waals surface area (Å²) in [5.74, 6) is 2.00. The van der Waals surface area contributed by atoms with Crippen LogP contribution in [0.4, 0.5) is 11.4 Å². The molecule has 0 saturated heterocycles. The normalized spacial score (nSPS) is 21.4. The molecule has 6 heteroatoms. The van der Waals surface area contributed by atoms with Crippen molar-refractivity contribution >= 4 is 23.0 Å². The van der Waals surface area contributed by atoms with Gasteiger partial charge in [0.05, 0.1) is 11.0 Å². The minimum atomic E-state index is -0.381. The third-order valence-electron chi connectivity index (χ3n) is 5.84. The minimum Gasteiger partial charge on any atom is -0.457 e. The molecule has 0 saturated carbocycles. The fourth-order valence-electron chi connectivity index (χ4n) is 4.45. The van der Waals surface area contributed by atoms with Gasteiger partial charge in [-0.25, -0.2) is 0 Å². The fraction of sp³-hybridized carbons (Fsp3) is 0.167. The Hall–Kier alpha value is -3.31. The average Bonchev–Trinajstić information content (AvgIpc) is 3.25. The first-order chi connectivity index (χ1) is 14.6. The number of benzene rings is 3. The van der Waals surface area contributed by atoms with Gasteiger partial charge in [0.2, 0.25) is 0 Å². The molecule has 0 bridgehead atoms. The fourth-order valence-corrected chi connectivity index (χ4v) is 4.69. The van der Waals surface area contributed by atoms with E-state index in [4.69, 9.17) is 16.3 Å². The van der Waals surface area contributed by atoms with Crippen molar-refractivity contribution in [3.8, 4) is 11.5 Å². The predicted octanol–water partition coefficient (Wildman–Crippen LogP) is 6.87. The van der Waals surface area contributed by atoms with Crippen molar-refractivity contribution in [3.63, 3.8) is 0 Å². The maximum Gasteiger partial charge on any atom is 0.269 e. The van der Waals surface area contributed by atoms with Crippen molar-refractivity contribution in [1.82, 2.24) is 0 Å². The summed E-state index contributed by atoms with van der Waals surface area (Å²) in [4.78, 5) is 10.9. The number of anilines is 1. The van der Waals surface area contributed by atoms with Crippen LogP contribution in [0.15, 0.2) is 78.9 Å². The van der Waals surface area contributed by atoms with Crippen LogP contribution >= 0.6 is 11.6 Å². The van der Waals surface area contributed by atoms with Crippen molar-refractivity contribution < 1.29 is 9.66 Å². The Balaban J connectivity index is 1.51. The molecule has 3 unspecified atom stereocenters. The summed E-state index contributed by atoms with van der Waals surface area (Å²) in [6.07, 6.45) is 5.27. The molecule has 3 aromatic carbocycles. The highest BCUT2D eigenvalue weighted by Gasteiger charge is 2.39. The molecule has 3 atom stereocenters. The molecule has 0 aromatic heterocycles. The number of nitro benzene ring substituents is 1. The van der Waals surface area contributed by atoms with Gasteiger partial charge in [0, 0.05) is 34.3 Å². The van der Waals surface area contributed by atoms with E-state index in [1.807, 2.05) is 42.5 Å². The second kappa shape index (κ2) is 7.50. The van der Waals surface area contributed by atoms with Gasteiger partial charge in [0.25, 0.3) is 5.69 Å². The lowest BCUT2D eigenvalue weighted by Crippen LogP contribution is -2.29. The number of fused-ring (bicyclic) bond motifs is 3. The number of nitro groups is 1. The van der Waals surface area contributed by atoms with Crippen LogP contribution in [0.5, 0.6) is 11.5 Å². The topological polar surface area (TPSA) is 64.4 Å². The highest BCUT2D eigenvalue weighted by Crippen LogP contribution is 2.51. The molecule has 1 aliphatic carbocycles. The Kier molecular flexibility index (Phi) is 4.68.